The molecule has 154 valence electrons. The molecular formula is C25H32N2O2. The van der Waals surface area contributed by atoms with Crippen molar-refractivity contribution in [3.05, 3.63) is 65.2 Å². The van der Waals surface area contributed by atoms with Gasteiger partial charge in [-0.05, 0) is 46.7 Å². The maximum absolute atomic E-state index is 12.4. The van der Waals surface area contributed by atoms with E-state index in [0.29, 0.717) is 5.92 Å². The van der Waals surface area contributed by atoms with Gasteiger partial charge in [-0.15, -0.1) is 0 Å². The predicted octanol–water partition coefficient (Wildman–Crippen LogP) is 4.89. The van der Waals surface area contributed by atoms with E-state index in [1.54, 1.807) is 13.2 Å². The lowest BCUT2D eigenvalue weighted by Crippen LogP contribution is -2.34. The lowest BCUT2D eigenvalue weighted by molar-refractivity contribution is -0.111. The molecule has 29 heavy (non-hydrogen) atoms. The highest BCUT2D eigenvalue weighted by atomic mass is 16.5. The van der Waals surface area contributed by atoms with Crippen LogP contribution in [-0.4, -0.2) is 33.2 Å². The summed E-state index contributed by atoms with van der Waals surface area (Å²) in [5, 5.41) is 2.98. The van der Waals surface area contributed by atoms with Crippen LogP contribution in [0.2, 0.25) is 0 Å². The van der Waals surface area contributed by atoms with Crippen LogP contribution in [0, 0.1) is 5.92 Å². The Morgan fingerprint density at radius 2 is 1.93 bits per heavy atom. The molecule has 1 aliphatic rings. The van der Waals surface area contributed by atoms with E-state index < -0.39 is 0 Å². The molecule has 0 saturated carbocycles. The van der Waals surface area contributed by atoms with Crippen LogP contribution in [-0.2, 0) is 21.4 Å². The van der Waals surface area contributed by atoms with Crippen LogP contribution in [0.5, 0.6) is 0 Å². The lowest BCUT2D eigenvalue weighted by atomic mass is 9.87. The Labute approximate surface area is 174 Å². The quantitative estimate of drug-likeness (QED) is 0.737. The maximum Gasteiger partial charge on any atom is 0.248 e. The molecule has 1 atom stereocenters. The maximum atomic E-state index is 12.4. The second kappa shape index (κ2) is 8.83. The zero-order valence-corrected chi connectivity index (χ0v) is 18.2. The fourth-order valence-electron chi connectivity index (χ4n) is 3.83. The number of hydrogen-bond acceptors (Lipinski definition) is 3. The summed E-state index contributed by atoms with van der Waals surface area (Å²) in [6.07, 6.45) is 4.44. The first kappa shape index (κ1) is 21.1. The molecule has 0 saturated heterocycles. The van der Waals surface area contributed by atoms with Crippen LogP contribution in [0.25, 0.3) is 6.08 Å². The summed E-state index contributed by atoms with van der Waals surface area (Å²) >= 11 is 0. The lowest BCUT2D eigenvalue weighted by Gasteiger charge is -2.33. The van der Waals surface area contributed by atoms with Gasteiger partial charge >= 0.3 is 0 Å². The van der Waals surface area contributed by atoms with Crippen molar-refractivity contribution in [2.75, 3.05) is 37.5 Å². The zero-order chi connectivity index (χ0) is 21.0. The number of carbonyl (C=O) groups is 1. The van der Waals surface area contributed by atoms with Gasteiger partial charge in [0, 0.05) is 44.1 Å². The Kier molecular flexibility index (Phi) is 6.43. The number of benzene rings is 2. The third-order valence-electron chi connectivity index (χ3n) is 5.41. The third-order valence-corrected chi connectivity index (χ3v) is 5.41. The minimum atomic E-state index is -0.124. The summed E-state index contributed by atoms with van der Waals surface area (Å²) in [6.45, 7) is 8.31. The average Bonchev–Trinajstić information content (AvgIpc) is 2.67. The number of methoxy groups -OCH3 is 1. The van der Waals surface area contributed by atoms with Crippen LogP contribution in [0.4, 0.5) is 11.4 Å². The van der Waals surface area contributed by atoms with Crippen molar-refractivity contribution < 1.29 is 9.53 Å². The number of rotatable bonds is 5. The first-order valence-electron chi connectivity index (χ1n) is 10.2. The first-order chi connectivity index (χ1) is 13.8. The number of fused-ring (bicyclic) bond motifs is 1. The molecular weight excluding hydrogens is 360 g/mol. The third kappa shape index (κ3) is 5.48. The van der Waals surface area contributed by atoms with Crippen LogP contribution in [0.1, 0.15) is 37.5 Å². The molecule has 4 nitrogen and oxygen atoms in total. The van der Waals surface area contributed by atoms with E-state index in [1.165, 1.54) is 16.8 Å². The largest absolute Gasteiger partial charge is 0.384 e. The fraction of sp³-hybridized carbons (Fsp3) is 0.400. The van der Waals surface area contributed by atoms with Gasteiger partial charge in [0.2, 0.25) is 5.91 Å². The van der Waals surface area contributed by atoms with Crippen LogP contribution < -0.4 is 10.2 Å². The molecule has 1 aliphatic heterocycles. The minimum Gasteiger partial charge on any atom is -0.384 e. The molecule has 0 aromatic heterocycles. The SMILES string of the molecule is COCC1Cc2ccc(NC(=O)/C=C/c3ccc(C(C)(C)C)cc3)cc2N(C)C1. The van der Waals surface area contributed by atoms with Gasteiger partial charge in [-0.1, -0.05) is 51.1 Å². The highest BCUT2D eigenvalue weighted by Crippen LogP contribution is 2.31. The van der Waals surface area contributed by atoms with Crippen LogP contribution in [0.3, 0.4) is 0 Å². The molecule has 1 amide bonds. The van der Waals surface area contributed by atoms with E-state index >= 15 is 0 Å². The topological polar surface area (TPSA) is 41.6 Å². The van der Waals surface area contributed by atoms with Gasteiger partial charge < -0.3 is 15.0 Å². The molecule has 1 N–H and O–H groups in total. The fourth-order valence-corrected chi connectivity index (χ4v) is 3.83. The Bertz CT molecular complexity index is 879. The summed E-state index contributed by atoms with van der Waals surface area (Å²) in [7, 11) is 3.84. The molecule has 1 heterocycles. The number of anilines is 2. The van der Waals surface area contributed by atoms with Crippen LogP contribution in [0.15, 0.2) is 48.5 Å². The smallest absolute Gasteiger partial charge is 0.248 e. The van der Waals surface area contributed by atoms with Crippen LogP contribution >= 0.6 is 0 Å². The molecule has 0 fully saturated rings. The molecule has 2 aromatic rings. The van der Waals surface area contributed by atoms with Gasteiger partial charge in [0.15, 0.2) is 0 Å². The molecule has 0 aliphatic carbocycles. The van der Waals surface area contributed by atoms with E-state index in [9.17, 15) is 4.79 Å². The second-order valence-corrected chi connectivity index (χ2v) is 8.94. The van der Waals surface area contributed by atoms with Crippen molar-refractivity contribution >= 4 is 23.4 Å². The van der Waals surface area contributed by atoms with Crippen molar-refractivity contribution in [1.29, 1.82) is 0 Å². The van der Waals surface area contributed by atoms with E-state index in [4.69, 9.17) is 4.74 Å². The molecule has 1 unspecified atom stereocenters. The summed E-state index contributed by atoms with van der Waals surface area (Å²) < 4.78 is 5.32. The predicted molar refractivity (Wildman–Crippen MR) is 122 cm³/mol. The standard InChI is InChI=1S/C25H32N2O2/c1-25(2,3)21-10-6-18(7-11-21)8-13-24(28)26-22-12-9-20-14-19(17-29-5)16-27(4)23(20)15-22/h6-13,15,19H,14,16-17H2,1-5H3,(H,26,28)/b13-8+. The normalized spacial score (nSPS) is 16.7. The molecule has 0 radical (unpaired) electrons. The number of nitrogens with zero attached hydrogens (tertiary/aromatic N) is 1. The Morgan fingerprint density at radius 1 is 1.21 bits per heavy atom. The summed E-state index contributed by atoms with van der Waals surface area (Å²) in [5.74, 6) is 0.381. The highest BCUT2D eigenvalue weighted by molar-refractivity contribution is 6.02. The first-order valence-corrected chi connectivity index (χ1v) is 10.2. The molecule has 0 spiro atoms. The van der Waals surface area contributed by atoms with Gasteiger partial charge in [0.05, 0.1) is 6.61 Å². The van der Waals surface area contributed by atoms with Crippen molar-refractivity contribution in [1.82, 2.24) is 0 Å². The van der Waals surface area contributed by atoms with Crippen molar-refractivity contribution in [3.63, 3.8) is 0 Å². The Hall–Kier alpha value is -2.59. The van der Waals surface area contributed by atoms with E-state index in [0.717, 1.165) is 30.8 Å². The number of ether oxygens (including phenoxy) is 1. The second-order valence-electron chi connectivity index (χ2n) is 8.94. The van der Waals surface area contributed by atoms with Crippen molar-refractivity contribution in [2.45, 2.75) is 32.6 Å². The van der Waals surface area contributed by atoms with E-state index in [1.807, 2.05) is 12.1 Å². The highest BCUT2D eigenvalue weighted by Gasteiger charge is 2.22. The average molecular weight is 393 g/mol. The Balaban J connectivity index is 1.64. The Morgan fingerprint density at radius 3 is 2.59 bits per heavy atom. The monoisotopic (exact) mass is 392 g/mol. The van der Waals surface area contributed by atoms with E-state index in [2.05, 4.69) is 74.4 Å². The van der Waals surface area contributed by atoms with Gasteiger partial charge in [0.25, 0.3) is 0 Å². The molecule has 0 bridgehead atoms. The van der Waals surface area contributed by atoms with Gasteiger partial charge in [-0.3, -0.25) is 4.79 Å². The summed E-state index contributed by atoms with van der Waals surface area (Å²) in [4.78, 5) is 14.6. The van der Waals surface area contributed by atoms with Gasteiger partial charge in [-0.2, -0.15) is 0 Å². The van der Waals surface area contributed by atoms with Gasteiger partial charge in [-0.25, -0.2) is 0 Å². The number of nitrogens with one attached hydrogen (secondary N) is 1. The molecule has 4 heteroatoms. The molecule has 3 rings (SSSR count). The van der Waals surface area contributed by atoms with E-state index in [-0.39, 0.29) is 11.3 Å². The summed E-state index contributed by atoms with van der Waals surface area (Å²) in [5.41, 5.74) is 5.72. The van der Waals surface area contributed by atoms with Crippen molar-refractivity contribution in [3.8, 4) is 0 Å². The van der Waals surface area contributed by atoms with Gasteiger partial charge in [0.1, 0.15) is 0 Å². The number of hydrogen-bond donors (Lipinski definition) is 1. The minimum absolute atomic E-state index is 0.124. The van der Waals surface area contributed by atoms with Crippen molar-refractivity contribution in [2.24, 2.45) is 5.92 Å². The number of carbonyl (C=O) groups excluding carboxylic acids is 1. The zero-order valence-electron chi connectivity index (χ0n) is 18.2. The summed E-state index contributed by atoms with van der Waals surface area (Å²) in [6, 6.07) is 14.5. The molecule has 2 aromatic carbocycles. The number of amides is 1.